The van der Waals surface area contributed by atoms with Gasteiger partial charge in [0.15, 0.2) is 23.1 Å². The molecule has 284 valence electrons. The number of hydrogen-bond donors (Lipinski definition) is 2. The van der Waals surface area contributed by atoms with Crippen molar-refractivity contribution < 1.29 is 46.2 Å². The predicted molar refractivity (Wildman–Crippen MR) is 198 cm³/mol. The topological polar surface area (TPSA) is 138 Å². The molecule has 4 aromatic rings. The summed E-state index contributed by atoms with van der Waals surface area (Å²) in [4.78, 5) is 32.5. The third-order valence-corrected chi connectivity index (χ3v) is 10.7. The maximum absolute atomic E-state index is 15.4. The van der Waals surface area contributed by atoms with Gasteiger partial charge in [-0.3, -0.25) is 24.0 Å². The fraction of sp³-hybridized carbons (Fsp3) is 0.395. The van der Waals surface area contributed by atoms with Crippen LogP contribution in [0.25, 0.3) is 10.9 Å². The van der Waals surface area contributed by atoms with Crippen LogP contribution in [0.4, 0.5) is 20.2 Å². The second-order valence-electron chi connectivity index (χ2n) is 12.8. The Bertz CT molecular complexity index is 1950. The molecule has 53 heavy (non-hydrogen) atoms. The lowest BCUT2D eigenvalue weighted by atomic mass is 10.0. The standard InChI is InChI=1S/C38H45F2N4O8P/c1-6-50-53(47,51-7-2)24-44(25(3)4)19-8-20-49-35-23-31-29(22-34(35)48-5)32(15-18-41-31)52-33-14-13-28(21-30(33)40)43-37(46)38(16-17-38)36(45)42-27-11-9-26(39)10-12-27/h9-15,18,21-23,25H,6-8,16-17,19-20,24H2,1-5H3,(H,42,45)(H,43,46). The highest BCUT2D eigenvalue weighted by Crippen LogP contribution is 2.49. The molecule has 0 atom stereocenters. The zero-order valence-corrected chi connectivity index (χ0v) is 31.3. The van der Waals surface area contributed by atoms with Crippen molar-refractivity contribution in [3.63, 3.8) is 0 Å². The van der Waals surface area contributed by atoms with Crippen LogP contribution in [0.1, 0.15) is 47.0 Å². The van der Waals surface area contributed by atoms with Gasteiger partial charge in [-0.05, 0) is 95.5 Å². The molecule has 1 aliphatic carbocycles. The number of rotatable bonds is 19. The summed E-state index contributed by atoms with van der Waals surface area (Å²) >= 11 is 0. The van der Waals surface area contributed by atoms with E-state index in [1.54, 1.807) is 32.0 Å². The largest absolute Gasteiger partial charge is 0.493 e. The van der Waals surface area contributed by atoms with Gasteiger partial charge in [0.2, 0.25) is 11.8 Å². The number of pyridine rings is 1. The molecule has 0 saturated heterocycles. The first kappa shape index (κ1) is 39.6. The molecule has 0 radical (unpaired) electrons. The number of amides is 2. The number of ether oxygens (including phenoxy) is 3. The van der Waals surface area contributed by atoms with Gasteiger partial charge in [0.1, 0.15) is 23.3 Å². The lowest BCUT2D eigenvalue weighted by molar-refractivity contribution is -0.131. The summed E-state index contributed by atoms with van der Waals surface area (Å²) in [5.41, 5.74) is -0.262. The van der Waals surface area contributed by atoms with E-state index >= 15 is 4.39 Å². The molecule has 1 aromatic heterocycles. The monoisotopic (exact) mass is 754 g/mol. The Labute approximate surface area is 307 Å². The summed E-state index contributed by atoms with van der Waals surface area (Å²) in [6, 6.07) is 14.3. The summed E-state index contributed by atoms with van der Waals surface area (Å²) in [6.45, 7) is 9.12. The van der Waals surface area contributed by atoms with E-state index in [9.17, 15) is 18.5 Å². The molecule has 1 saturated carbocycles. The summed E-state index contributed by atoms with van der Waals surface area (Å²) in [5, 5.41) is 5.83. The second-order valence-corrected chi connectivity index (χ2v) is 14.8. The van der Waals surface area contributed by atoms with E-state index in [4.69, 9.17) is 23.3 Å². The Hall–Kier alpha value is -4.62. The van der Waals surface area contributed by atoms with E-state index in [0.717, 1.165) is 6.07 Å². The highest BCUT2D eigenvalue weighted by atomic mass is 31.2. The van der Waals surface area contributed by atoms with Gasteiger partial charge in [0.05, 0.1) is 32.4 Å². The van der Waals surface area contributed by atoms with Crippen LogP contribution in [0.15, 0.2) is 66.9 Å². The Morgan fingerprint density at radius 3 is 2.15 bits per heavy atom. The lowest BCUT2D eigenvalue weighted by Gasteiger charge is -2.29. The molecule has 3 aromatic carbocycles. The van der Waals surface area contributed by atoms with Crippen molar-refractivity contribution in [3.05, 3.63) is 78.5 Å². The van der Waals surface area contributed by atoms with E-state index in [2.05, 4.69) is 15.6 Å². The van der Waals surface area contributed by atoms with Gasteiger partial charge in [-0.15, -0.1) is 0 Å². The Balaban J connectivity index is 1.22. The van der Waals surface area contributed by atoms with Crippen LogP contribution < -0.4 is 24.8 Å². The molecule has 0 bridgehead atoms. The average Bonchev–Trinajstić information content (AvgIpc) is 3.94. The van der Waals surface area contributed by atoms with Gasteiger partial charge in [-0.25, -0.2) is 8.78 Å². The predicted octanol–water partition coefficient (Wildman–Crippen LogP) is 8.37. The van der Waals surface area contributed by atoms with Crippen LogP contribution in [0.5, 0.6) is 23.0 Å². The minimum absolute atomic E-state index is 0.0992. The maximum atomic E-state index is 15.4. The van der Waals surface area contributed by atoms with E-state index < -0.39 is 36.5 Å². The van der Waals surface area contributed by atoms with E-state index in [0.29, 0.717) is 79.5 Å². The number of nitrogens with zero attached hydrogens (tertiary/aromatic N) is 2. The molecule has 0 aliphatic heterocycles. The molecule has 2 N–H and O–H groups in total. The van der Waals surface area contributed by atoms with E-state index in [1.165, 1.54) is 49.7 Å². The van der Waals surface area contributed by atoms with Gasteiger partial charge in [0, 0.05) is 47.7 Å². The number of methoxy groups -OCH3 is 1. The first-order chi connectivity index (χ1) is 25.4. The molecule has 1 heterocycles. The molecule has 1 aliphatic rings. The number of carbonyl (C=O) groups is 2. The third kappa shape index (κ3) is 9.88. The van der Waals surface area contributed by atoms with Crippen molar-refractivity contribution in [2.24, 2.45) is 5.41 Å². The first-order valence-corrected chi connectivity index (χ1v) is 19.2. The zero-order chi connectivity index (χ0) is 38.2. The number of halogens is 2. The Kier molecular flexibility index (Phi) is 13.0. The second kappa shape index (κ2) is 17.5. The lowest BCUT2D eigenvalue weighted by Crippen LogP contribution is -2.35. The quantitative estimate of drug-likeness (QED) is 0.0546. The van der Waals surface area contributed by atoms with Crippen molar-refractivity contribution in [1.82, 2.24) is 9.88 Å². The molecule has 1 fully saturated rings. The van der Waals surface area contributed by atoms with Crippen molar-refractivity contribution >= 4 is 41.7 Å². The number of benzene rings is 3. The van der Waals surface area contributed by atoms with Crippen LogP contribution in [-0.2, 0) is 23.2 Å². The third-order valence-electron chi connectivity index (χ3n) is 8.70. The van der Waals surface area contributed by atoms with Gasteiger partial charge in [0.25, 0.3) is 0 Å². The van der Waals surface area contributed by atoms with Crippen molar-refractivity contribution in [2.45, 2.75) is 53.0 Å². The maximum Gasteiger partial charge on any atom is 0.344 e. The minimum atomic E-state index is -3.25. The van der Waals surface area contributed by atoms with Crippen molar-refractivity contribution in [2.75, 3.05) is 50.4 Å². The Morgan fingerprint density at radius 1 is 0.887 bits per heavy atom. The zero-order valence-electron chi connectivity index (χ0n) is 30.4. The molecule has 12 nitrogen and oxygen atoms in total. The number of aromatic nitrogens is 1. The summed E-state index contributed by atoms with van der Waals surface area (Å²) < 4.78 is 70.3. The normalized spacial score (nSPS) is 13.6. The fourth-order valence-electron chi connectivity index (χ4n) is 5.66. The van der Waals surface area contributed by atoms with E-state index in [-0.39, 0.29) is 23.8 Å². The summed E-state index contributed by atoms with van der Waals surface area (Å²) in [6.07, 6.45) is 2.98. The summed E-state index contributed by atoms with van der Waals surface area (Å²) in [5.74, 6) is -1.18. The van der Waals surface area contributed by atoms with Crippen molar-refractivity contribution in [3.8, 4) is 23.0 Å². The highest BCUT2D eigenvalue weighted by Gasteiger charge is 2.56. The van der Waals surface area contributed by atoms with Crippen LogP contribution in [0.2, 0.25) is 0 Å². The Morgan fingerprint density at radius 2 is 1.55 bits per heavy atom. The number of nitrogens with one attached hydrogen (secondary N) is 2. The van der Waals surface area contributed by atoms with E-state index in [1.807, 2.05) is 18.7 Å². The molecule has 0 unspecified atom stereocenters. The van der Waals surface area contributed by atoms with Crippen molar-refractivity contribution in [1.29, 1.82) is 0 Å². The van der Waals surface area contributed by atoms with Crippen LogP contribution in [0.3, 0.4) is 0 Å². The van der Waals surface area contributed by atoms with Gasteiger partial charge < -0.3 is 33.9 Å². The molecule has 5 rings (SSSR count). The number of anilines is 2. The van der Waals surface area contributed by atoms with Crippen LogP contribution in [0, 0.1) is 17.0 Å². The number of fused-ring (bicyclic) bond motifs is 1. The minimum Gasteiger partial charge on any atom is -0.493 e. The number of hydrogen-bond acceptors (Lipinski definition) is 10. The molecular formula is C38H45F2N4O8P. The van der Waals surface area contributed by atoms with Crippen LogP contribution >= 0.6 is 7.60 Å². The fourth-order valence-corrected chi connectivity index (χ4v) is 7.60. The van der Waals surface area contributed by atoms with Gasteiger partial charge in [-0.1, -0.05) is 0 Å². The van der Waals surface area contributed by atoms with Crippen LogP contribution in [-0.4, -0.2) is 67.5 Å². The highest BCUT2D eigenvalue weighted by molar-refractivity contribution is 7.53. The first-order valence-electron chi connectivity index (χ1n) is 17.5. The number of carbonyl (C=O) groups excluding carboxylic acids is 2. The SMILES string of the molecule is CCOP(=O)(CN(CCCOc1cc2nccc(Oc3ccc(NC(=O)C4(C(=O)Nc5ccc(F)cc5)CC4)cc3F)c2cc1OC)C(C)C)OCC. The molecule has 0 spiro atoms. The van der Waals surface area contributed by atoms with Gasteiger partial charge >= 0.3 is 7.60 Å². The molecule has 15 heteroatoms. The van der Waals surface area contributed by atoms with Gasteiger partial charge in [-0.2, -0.15) is 0 Å². The smallest absolute Gasteiger partial charge is 0.344 e. The average molecular weight is 755 g/mol. The summed E-state index contributed by atoms with van der Waals surface area (Å²) in [7, 11) is -1.74. The molecule has 2 amide bonds. The molecular weight excluding hydrogens is 709 g/mol.